The van der Waals surface area contributed by atoms with Crippen LogP contribution in [0.2, 0.25) is 0 Å². The second kappa shape index (κ2) is 7.88. The zero-order chi connectivity index (χ0) is 13.4. The molecule has 0 fully saturated rings. The molecule has 1 aromatic carbocycles. The number of carboxylic acids is 1. The first-order valence-corrected chi connectivity index (χ1v) is 6.64. The summed E-state index contributed by atoms with van der Waals surface area (Å²) in [6.07, 6.45) is 2.30. The van der Waals surface area contributed by atoms with E-state index in [9.17, 15) is 4.79 Å². The van der Waals surface area contributed by atoms with E-state index in [0.29, 0.717) is 12.5 Å². The van der Waals surface area contributed by atoms with Crippen molar-refractivity contribution >= 4 is 5.97 Å². The monoisotopic (exact) mass is 249 g/mol. The highest BCUT2D eigenvalue weighted by Gasteiger charge is 2.02. The number of aliphatic carboxylic acids is 1. The van der Waals surface area contributed by atoms with Gasteiger partial charge in [0.15, 0.2) is 0 Å². The first-order valence-electron chi connectivity index (χ1n) is 6.64. The highest BCUT2D eigenvalue weighted by Crippen LogP contribution is 2.18. The van der Waals surface area contributed by atoms with Crippen LogP contribution in [0.25, 0.3) is 0 Å². The summed E-state index contributed by atoms with van der Waals surface area (Å²) in [5.74, 6) is -0.131. The molecule has 3 nitrogen and oxygen atoms in total. The number of hydrogen-bond donors (Lipinski definition) is 2. The van der Waals surface area contributed by atoms with E-state index in [0.717, 1.165) is 19.4 Å². The minimum absolute atomic E-state index is 0.187. The van der Waals surface area contributed by atoms with Crippen molar-refractivity contribution in [2.75, 3.05) is 13.1 Å². The first-order chi connectivity index (χ1) is 8.63. The summed E-state index contributed by atoms with van der Waals surface area (Å²) in [6.45, 7) is 5.81. The molecule has 0 spiro atoms. The van der Waals surface area contributed by atoms with E-state index in [4.69, 9.17) is 5.11 Å². The Morgan fingerprint density at radius 3 is 2.50 bits per heavy atom. The van der Waals surface area contributed by atoms with Gasteiger partial charge >= 0.3 is 5.97 Å². The summed E-state index contributed by atoms with van der Waals surface area (Å²) < 4.78 is 0. The lowest BCUT2D eigenvalue weighted by molar-refractivity contribution is -0.136. The van der Waals surface area contributed by atoms with Crippen molar-refractivity contribution in [2.45, 2.75) is 39.0 Å². The van der Waals surface area contributed by atoms with E-state index >= 15 is 0 Å². The average molecular weight is 249 g/mol. The Morgan fingerprint density at radius 1 is 1.28 bits per heavy atom. The normalized spacial score (nSPS) is 12.3. The third-order valence-electron chi connectivity index (χ3n) is 3.27. The molecule has 0 aliphatic rings. The van der Waals surface area contributed by atoms with Gasteiger partial charge in [0.25, 0.3) is 0 Å². The third kappa shape index (κ3) is 5.32. The fourth-order valence-electron chi connectivity index (χ4n) is 1.80. The average Bonchev–Trinajstić information content (AvgIpc) is 2.38. The molecule has 3 heteroatoms. The molecule has 1 atom stereocenters. The van der Waals surface area contributed by atoms with Gasteiger partial charge in [0.1, 0.15) is 0 Å². The van der Waals surface area contributed by atoms with Gasteiger partial charge in [0.2, 0.25) is 0 Å². The third-order valence-corrected chi connectivity index (χ3v) is 3.27. The van der Waals surface area contributed by atoms with Gasteiger partial charge in [-0.3, -0.25) is 4.79 Å². The quantitative estimate of drug-likeness (QED) is 0.696. The molecule has 1 rings (SSSR count). The van der Waals surface area contributed by atoms with Gasteiger partial charge in [-0.1, -0.05) is 38.1 Å². The van der Waals surface area contributed by atoms with Crippen LogP contribution in [0.3, 0.4) is 0 Å². The molecule has 1 aromatic rings. The van der Waals surface area contributed by atoms with Gasteiger partial charge in [-0.25, -0.2) is 0 Å². The minimum Gasteiger partial charge on any atom is -0.481 e. The molecular weight excluding hydrogens is 226 g/mol. The Labute approximate surface area is 109 Å². The fourth-order valence-corrected chi connectivity index (χ4v) is 1.80. The molecule has 0 amide bonds. The zero-order valence-corrected chi connectivity index (χ0v) is 11.3. The Bertz CT molecular complexity index is 359. The first kappa shape index (κ1) is 14.7. The Kier molecular flexibility index (Phi) is 6.44. The van der Waals surface area contributed by atoms with E-state index < -0.39 is 5.97 Å². The Balaban J connectivity index is 2.29. The van der Waals surface area contributed by atoms with Gasteiger partial charge in [-0.05, 0) is 36.4 Å². The number of hydrogen-bond acceptors (Lipinski definition) is 2. The Hall–Kier alpha value is -1.35. The molecule has 18 heavy (non-hydrogen) atoms. The topological polar surface area (TPSA) is 49.3 Å². The number of nitrogens with one attached hydrogen (secondary N) is 1. The van der Waals surface area contributed by atoms with Crippen LogP contribution in [0.1, 0.15) is 43.7 Å². The maximum absolute atomic E-state index is 10.3. The van der Waals surface area contributed by atoms with E-state index in [1.165, 1.54) is 11.1 Å². The summed E-state index contributed by atoms with van der Waals surface area (Å²) in [5.41, 5.74) is 2.69. The van der Waals surface area contributed by atoms with Crippen LogP contribution < -0.4 is 5.32 Å². The summed E-state index contributed by atoms with van der Waals surface area (Å²) in [5, 5.41) is 11.6. The molecule has 0 radical (unpaired) electrons. The highest BCUT2D eigenvalue weighted by molar-refractivity contribution is 5.66. The molecule has 2 N–H and O–H groups in total. The Morgan fingerprint density at radius 2 is 1.94 bits per heavy atom. The van der Waals surface area contributed by atoms with Gasteiger partial charge < -0.3 is 10.4 Å². The number of benzene rings is 1. The predicted molar refractivity (Wildman–Crippen MR) is 74.0 cm³/mol. The van der Waals surface area contributed by atoms with Crippen LogP contribution >= 0.6 is 0 Å². The minimum atomic E-state index is -0.750. The van der Waals surface area contributed by atoms with Gasteiger partial charge in [0.05, 0.1) is 6.42 Å². The largest absolute Gasteiger partial charge is 0.481 e. The molecule has 0 saturated carbocycles. The smallest absolute Gasteiger partial charge is 0.304 e. The molecule has 0 aliphatic carbocycles. The zero-order valence-electron chi connectivity index (χ0n) is 11.3. The number of carboxylic acid groups (broad SMARTS) is 1. The lowest BCUT2D eigenvalue weighted by Crippen LogP contribution is -2.20. The van der Waals surface area contributed by atoms with Crippen molar-refractivity contribution in [1.29, 1.82) is 0 Å². The highest BCUT2D eigenvalue weighted by atomic mass is 16.4. The van der Waals surface area contributed by atoms with Crippen molar-refractivity contribution in [3.8, 4) is 0 Å². The van der Waals surface area contributed by atoms with Gasteiger partial charge in [0, 0.05) is 6.54 Å². The summed E-state index contributed by atoms with van der Waals surface area (Å²) >= 11 is 0. The lowest BCUT2D eigenvalue weighted by Gasteiger charge is -2.10. The van der Waals surface area contributed by atoms with E-state index in [1.54, 1.807) is 0 Å². The molecule has 0 saturated heterocycles. The second-order valence-corrected chi connectivity index (χ2v) is 4.69. The maximum Gasteiger partial charge on any atom is 0.304 e. The van der Waals surface area contributed by atoms with Crippen molar-refractivity contribution in [1.82, 2.24) is 5.32 Å². The predicted octanol–water partition coefficient (Wildman–Crippen LogP) is 2.81. The van der Waals surface area contributed by atoms with E-state index in [1.807, 2.05) is 0 Å². The van der Waals surface area contributed by atoms with Crippen molar-refractivity contribution in [3.05, 3.63) is 35.4 Å². The van der Waals surface area contributed by atoms with Crippen LogP contribution in [0, 0.1) is 0 Å². The molecule has 0 bridgehead atoms. The number of rotatable bonds is 8. The van der Waals surface area contributed by atoms with Crippen LogP contribution in [-0.4, -0.2) is 24.2 Å². The van der Waals surface area contributed by atoms with Crippen molar-refractivity contribution in [2.24, 2.45) is 0 Å². The molecule has 0 aliphatic heterocycles. The molecular formula is C15H23NO2. The molecule has 1 unspecified atom stereocenters. The second-order valence-electron chi connectivity index (χ2n) is 4.69. The summed E-state index contributed by atoms with van der Waals surface area (Å²) in [4.78, 5) is 10.3. The van der Waals surface area contributed by atoms with Gasteiger partial charge in [-0.15, -0.1) is 0 Å². The standard InChI is InChI=1S/C15H23NO2/c1-3-12(2)14-6-4-13(5-7-14)8-10-16-11-9-15(17)18/h4-7,12,16H,3,8-11H2,1-2H3,(H,17,18). The van der Waals surface area contributed by atoms with Crippen molar-refractivity contribution < 1.29 is 9.90 Å². The summed E-state index contributed by atoms with van der Waals surface area (Å²) in [6, 6.07) is 8.72. The SMILES string of the molecule is CCC(C)c1ccc(CCNCCC(=O)O)cc1. The lowest BCUT2D eigenvalue weighted by atomic mass is 9.97. The molecule has 100 valence electrons. The van der Waals surface area contributed by atoms with Crippen molar-refractivity contribution in [3.63, 3.8) is 0 Å². The van der Waals surface area contributed by atoms with Crippen LogP contribution in [0.15, 0.2) is 24.3 Å². The molecule has 0 aromatic heterocycles. The van der Waals surface area contributed by atoms with E-state index in [-0.39, 0.29) is 6.42 Å². The number of carbonyl (C=O) groups is 1. The maximum atomic E-state index is 10.3. The van der Waals surface area contributed by atoms with Crippen LogP contribution in [0.5, 0.6) is 0 Å². The van der Waals surface area contributed by atoms with E-state index in [2.05, 4.69) is 43.4 Å². The molecule has 0 heterocycles. The van der Waals surface area contributed by atoms with Crippen LogP contribution in [-0.2, 0) is 11.2 Å². The van der Waals surface area contributed by atoms with Gasteiger partial charge in [-0.2, -0.15) is 0 Å². The fraction of sp³-hybridized carbons (Fsp3) is 0.533. The van der Waals surface area contributed by atoms with Crippen LogP contribution in [0.4, 0.5) is 0 Å². The summed E-state index contributed by atoms with van der Waals surface area (Å²) in [7, 11) is 0.